The minimum absolute atomic E-state index is 0.0294. The van der Waals surface area contributed by atoms with Crippen molar-refractivity contribution in [1.82, 2.24) is 4.98 Å². The van der Waals surface area contributed by atoms with Gasteiger partial charge >= 0.3 is 5.97 Å². The molecule has 18 heavy (non-hydrogen) atoms. The molecule has 0 bridgehead atoms. The van der Waals surface area contributed by atoms with Crippen molar-refractivity contribution in [2.75, 3.05) is 5.32 Å². The summed E-state index contributed by atoms with van der Waals surface area (Å²) in [5.74, 6) is -0.922. The van der Waals surface area contributed by atoms with Gasteiger partial charge < -0.3 is 10.4 Å². The first-order valence-corrected chi connectivity index (χ1v) is 6.85. The Labute approximate surface area is 109 Å². The van der Waals surface area contributed by atoms with Gasteiger partial charge in [-0.05, 0) is 18.8 Å². The Balaban J connectivity index is 2.15. The number of hydrogen-bond acceptors (Lipinski definition) is 4. The molecule has 1 heterocycles. The van der Waals surface area contributed by atoms with Gasteiger partial charge in [-0.2, -0.15) is 0 Å². The zero-order valence-electron chi connectivity index (χ0n) is 10.4. The summed E-state index contributed by atoms with van der Waals surface area (Å²) in [7, 11) is 0. The van der Waals surface area contributed by atoms with Gasteiger partial charge in [0.15, 0.2) is 5.13 Å². The number of amides is 1. The number of thiazole rings is 1. The van der Waals surface area contributed by atoms with E-state index in [4.69, 9.17) is 5.11 Å². The van der Waals surface area contributed by atoms with Crippen LogP contribution in [0.4, 0.5) is 5.13 Å². The maximum absolute atomic E-state index is 11.8. The Kier molecular flexibility index (Phi) is 3.65. The molecular weight excluding hydrogens is 252 g/mol. The van der Waals surface area contributed by atoms with Crippen LogP contribution in [0.1, 0.15) is 54.4 Å². The fraction of sp³-hybridized carbons (Fsp3) is 0.583. The first kappa shape index (κ1) is 13.0. The molecule has 1 saturated carbocycles. The fourth-order valence-electron chi connectivity index (χ4n) is 1.81. The zero-order chi connectivity index (χ0) is 13.3. The van der Waals surface area contributed by atoms with E-state index in [1.807, 2.05) is 13.8 Å². The van der Waals surface area contributed by atoms with Crippen LogP contribution in [0.3, 0.4) is 0 Å². The predicted molar refractivity (Wildman–Crippen MR) is 69.1 cm³/mol. The minimum Gasteiger partial charge on any atom is -0.477 e. The molecule has 0 atom stereocenters. The van der Waals surface area contributed by atoms with Crippen LogP contribution in [0.2, 0.25) is 0 Å². The fourth-order valence-corrected chi connectivity index (χ4v) is 2.77. The van der Waals surface area contributed by atoms with E-state index in [2.05, 4.69) is 10.3 Å². The summed E-state index contributed by atoms with van der Waals surface area (Å²) in [6.07, 6.45) is 2.92. The number of carboxylic acids is 1. The second-order valence-electron chi connectivity index (χ2n) is 4.81. The number of carbonyl (C=O) groups is 2. The van der Waals surface area contributed by atoms with Crippen LogP contribution in [-0.4, -0.2) is 22.0 Å². The Hall–Kier alpha value is -1.43. The molecule has 0 radical (unpaired) electrons. The summed E-state index contributed by atoms with van der Waals surface area (Å²) in [6.45, 7) is 3.78. The lowest BCUT2D eigenvalue weighted by Crippen LogP contribution is -2.27. The van der Waals surface area contributed by atoms with Crippen molar-refractivity contribution in [3.8, 4) is 0 Å². The predicted octanol–water partition coefficient (Wildman–Crippen LogP) is 2.70. The summed E-state index contributed by atoms with van der Waals surface area (Å²) in [5, 5.41) is 12.2. The molecule has 1 aromatic heterocycles. The van der Waals surface area contributed by atoms with E-state index in [0.29, 0.717) is 10.8 Å². The smallest absolute Gasteiger partial charge is 0.347 e. The molecule has 5 nitrogen and oxygen atoms in total. The summed E-state index contributed by atoms with van der Waals surface area (Å²) in [4.78, 5) is 27.3. The summed E-state index contributed by atoms with van der Waals surface area (Å²) < 4.78 is 0. The molecule has 2 N–H and O–H groups in total. The molecular formula is C12H16N2O3S. The highest BCUT2D eigenvalue weighted by Crippen LogP contribution is 2.31. The van der Waals surface area contributed by atoms with E-state index < -0.39 is 5.97 Å². The maximum Gasteiger partial charge on any atom is 0.347 e. The van der Waals surface area contributed by atoms with E-state index in [1.165, 1.54) is 0 Å². The summed E-state index contributed by atoms with van der Waals surface area (Å²) >= 11 is 1.03. The lowest BCUT2D eigenvalue weighted by atomic mass is 9.85. The first-order chi connectivity index (χ1) is 8.49. The maximum atomic E-state index is 11.8. The standard InChI is InChI=1S/C12H16N2O3S/c1-6(2)8-9(11(16)17)18-12(13-8)14-10(15)7-4-3-5-7/h6-7H,3-5H2,1-2H3,(H,16,17)(H,13,14,15). The second-order valence-corrected chi connectivity index (χ2v) is 5.81. The third-order valence-electron chi connectivity index (χ3n) is 3.10. The van der Waals surface area contributed by atoms with Crippen molar-refractivity contribution in [2.45, 2.75) is 39.0 Å². The van der Waals surface area contributed by atoms with Gasteiger partial charge in [0.05, 0.1) is 5.69 Å². The highest BCUT2D eigenvalue weighted by molar-refractivity contribution is 7.17. The van der Waals surface area contributed by atoms with Gasteiger partial charge in [-0.1, -0.05) is 31.6 Å². The average Bonchev–Trinajstić information content (AvgIpc) is 2.58. The van der Waals surface area contributed by atoms with Crippen molar-refractivity contribution in [3.05, 3.63) is 10.6 Å². The van der Waals surface area contributed by atoms with E-state index in [-0.39, 0.29) is 22.6 Å². The van der Waals surface area contributed by atoms with E-state index >= 15 is 0 Å². The summed E-state index contributed by atoms with van der Waals surface area (Å²) in [6, 6.07) is 0. The van der Waals surface area contributed by atoms with Crippen LogP contribution in [0, 0.1) is 5.92 Å². The van der Waals surface area contributed by atoms with Gasteiger partial charge in [0, 0.05) is 5.92 Å². The number of anilines is 1. The largest absolute Gasteiger partial charge is 0.477 e. The minimum atomic E-state index is -0.986. The molecule has 1 aliphatic carbocycles. The SMILES string of the molecule is CC(C)c1nc(NC(=O)C2CCC2)sc1C(=O)O. The van der Waals surface area contributed by atoms with E-state index in [1.54, 1.807) is 0 Å². The molecule has 0 spiro atoms. The molecule has 0 aliphatic heterocycles. The monoisotopic (exact) mass is 268 g/mol. The molecule has 2 rings (SSSR count). The van der Waals surface area contributed by atoms with Crippen LogP contribution in [0.15, 0.2) is 0 Å². The molecule has 0 unspecified atom stereocenters. The molecule has 98 valence electrons. The quantitative estimate of drug-likeness (QED) is 0.880. The van der Waals surface area contributed by atoms with Crippen molar-refractivity contribution in [1.29, 1.82) is 0 Å². The topological polar surface area (TPSA) is 79.3 Å². The van der Waals surface area contributed by atoms with Gasteiger partial charge in [-0.3, -0.25) is 4.79 Å². The Morgan fingerprint density at radius 2 is 2.11 bits per heavy atom. The highest BCUT2D eigenvalue weighted by Gasteiger charge is 2.27. The second kappa shape index (κ2) is 5.06. The van der Waals surface area contributed by atoms with Crippen molar-refractivity contribution < 1.29 is 14.7 Å². The van der Waals surface area contributed by atoms with Gasteiger partial charge in [0.1, 0.15) is 4.88 Å². The van der Waals surface area contributed by atoms with Crippen molar-refractivity contribution in [2.24, 2.45) is 5.92 Å². The first-order valence-electron chi connectivity index (χ1n) is 6.04. The van der Waals surface area contributed by atoms with Gasteiger partial charge in [0.2, 0.25) is 5.91 Å². The van der Waals surface area contributed by atoms with Gasteiger partial charge in [-0.15, -0.1) is 0 Å². The molecule has 1 fully saturated rings. The molecule has 0 aromatic carbocycles. The zero-order valence-corrected chi connectivity index (χ0v) is 11.2. The number of nitrogens with zero attached hydrogens (tertiary/aromatic N) is 1. The van der Waals surface area contributed by atoms with Gasteiger partial charge in [0.25, 0.3) is 0 Å². The third kappa shape index (κ3) is 2.53. The lowest BCUT2D eigenvalue weighted by molar-refractivity contribution is -0.122. The van der Waals surface area contributed by atoms with Gasteiger partial charge in [-0.25, -0.2) is 9.78 Å². The average molecular weight is 268 g/mol. The number of aromatic carboxylic acids is 1. The van der Waals surface area contributed by atoms with Crippen molar-refractivity contribution >= 4 is 28.3 Å². The van der Waals surface area contributed by atoms with Crippen LogP contribution in [0.25, 0.3) is 0 Å². The van der Waals surface area contributed by atoms with Crippen LogP contribution in [-0.2, 0) is 4.79 Å². The summed E-state index contributed by atoms with van der Waals surface area (Å²) in [5.41, 5.74) is 0.538. The molecule has 1 aromatic rings. The lowest BCUT2D eigenvalue weighted by Gasteiger charge is -2.23. The highest BCUT2D eigenvalue weighted by atomic mass is 32.1. The third-order valence-corrected chi connectivity index (χ3v) is 4.08. The van der Waals surface area contributed by atoms with E-state index in [0.717, 1.165) is 30.6 Å². The van der Waals surface area contributed by atoms with E-state index in [9.17, 15) is 9.59 Å². The number of rotatable bonds is 4. The Bertz CT molecular complexity index is 478. The normalized spacial score (nSPS) is 15.5. The number of carboxylic acid groups (broad SMARTS) is 1. The van der Waals surface area contributed by atoms with Crippen LogP contribution < -0.4 is 5.32 Å². The number of hydrogen-bond donors (Lipinski definition) is 2. The Morgan fingerprint density at radius 1 is 1.44 bits per heavy atom. The molecule has 6 heteroatoms. The Morgan fingerprint density at radius 3 is 2.50 bits per heavy atom. The molecule has 1 amide bonds. The number of aromatic nitrogens is 1. The van der Waals surface area contributed by atoms with Crippen LogP contribution in [0.5, 0.6) is 0 Å². The molecule has 0 saturated heterocycles. The molecule has 1 aliphatic rings. The number of nitrogens with one attached hydrogen (secondary N) is 1. The van der Waals surface area contributed by atoms with Crippen LogP contribution >= 0.6 is 11.3 Å². The number of carbonyl (C=O) groups excluding carboxylic acids is 1. The van der Waals surface area contributed by atoms with Crippen molar-refractivity contribution in [3.63, 3.8) is 0 Å².